The highest BCUT2D eigenvalue weighted by Crippen LogP contribution is 2.41. The van der Waals surface area contributed by atoms with Gasteiger partial charge in [0.05, 0.1) is 0 Å². The summed E-state index contributed by atoms with van der Waals surface area (Å²) in [6, 6.07) is 14.8. The van der Waals surface area contributed by atoms with Gasteiger partial charge in [0, 0.05) is 6.07 Å². The van der Waals surface area contributed by atoms with Crippen LogP contribution in [0, 0.1) is 0 Å². The zero-order valence-corrected chi connectivity index (χ0v) is 29.9. The first-order valence-electron chi connectivity index (χ1n) is 13.9. The van der Waals surface area contributed by atoms with E-state index in [1.807, 2.05) is 0 Å². The summed E-state index contributed by atoms with van der Waals surface area (Å²) in [4.78, 5) is 0. The van der Waals surface area contributed by atoms with Gasteiger partial charge in [-0.05, 0) is 89.8 Å². The van der Waals surface area contributed by atoms with Gasteiger partial charge in [-0.1, -0.05) is 86.6 Å². The second-order valence-corrected chi connectivity index (χ2v) is 29.4. The summed E-state index contributed by atoms with van der Waals surface area (Å²) in [7, 11) is -5.84. The zero-order chi connectivity index (χ0) is 29.4. The Labute approximate surface area is 237 Å². The normalized spacial score (nSPS) is 14.1. The molecule has 0 N–H and O–H groups in total. The van der Waals surface area contributed by atoms with Gasteiger partial charge in [0.1, 0.15) is 17.2 Å². The third kappa shape index (κ3) is 8.36. The van der Waals surface area contributed by atoms with Crippen LogP contribution in [0.25, 0.3) is 12.2 Å². The Morgan fingerprint density at radius 1 is 0.447 bits per heavy atom. The first-order valence-corrected chi connectivity index (χ1v) is 22.7. The highest BCUT2D eigenvalue weighted by atomic mass is 28.4. The number of benzene rings is 2. The Morgan fingerprint density at radius 2 is 0.763 bits per heavy atom. The lowest BCUT2D eigenvalue weighted by Crippen LogP contribution is -2.44. The third-order valence-corrected chi connectivity index (χ3v) is 21.9. The molecule has 38 heavy (non-hydrogen) atoms. The van der Waals surface area contributed by atoms with Crippen LogP contribution < -0.4 is 13.3 Å². The van der Waals surface area contributed by atoms with Crippen LogP contribution >= 0.6 is 0 Å². The Morgan fingerprint density at radius 3 is 1.11 bits per heavy atom. The molecule has 0 aliphatic heterocycles. The van der Waals surface area contributed by atoms with Crippen molar-refractivity contribution < 1.29 is 13.3 Å². The van der Waals surface area contributed by atoms with Crippen LogP contribution in [0.2, 0.25) is 54.4 Å². The molecule has 6 heteroatoms. The topological polar surface area (TPSA) is 27.7 Å². The zero-order valence-electron chi connectivity index (χ0n) is 26.9. The van der Waals surface area contributed by atoms with Crippen LogP contribution in [-0.4, -0.2) is 25.0 Å². The first kappa shape index (κ1) is 32.4. The Bertz CT molecular complexity index is 1060. The van der Waals surface area contributed by atoms with E-state index in [9.17, 15) is 0 Å². The van der Waals surface area contributed by atoms with Crippen molar-refractivity contribution >= 4 is 37.1 Å². The van der Waals surface area contributed by atoms with E-state index in [4.69, 9.17) is 13.3 Å². The maximum absolute atomic E-state index is 6.72. The van der Waals surface area contributed by atoms with Crippen LogP contribution in [0.1, 0.15) is 73.4 Å². The lowest BCUT2D eigenvalue weighted by atomic mass is 10.1. The SMILES string of the molecule is CC(C)(C)[Si](C)(C)Oc1ccc(/C=C/c2cc(O[Si](C)(C)C(C)(C)C)cc(O[Si](C)(C)C(C)(C)C)c2)cc1. The molecule has 0 heterocycles. The number of hydrogen-bond acceptors (Lipinski definition) is 3. The average Bonchev–Trinajstić information content (AvgIpc) is 2.69. The fraction of sp³-hybridized carbons (Fsp3) is 0.562. The van der Waals surface area contributed by atoms with Crippen molar-refractivity contribution in [3.8, 4) is 17.2 Å². The summed E-state index contributed by atoms with van der Waals surface area (Å²) in [5, 5.41) is 0.411. The van der Waals surface area contributed by atoms with Gasteiger partial charge in [0.2, 0.25) is 25.0 Å². The van der Waals surface area contributed by atoms with Gasteiger partial charge in [0.15, 0.2) is 0 Å². The minimum absolute atomic E-state index is 0.119. The summed E-state index contributed by atoms with van der Waals surface area (Å²) < 4.78 is 19.9. The van der Waals surface area contributed by atoms with Gasteiger partial charge in [0.25, 0.3) is 0 Å². The van der Waals surface area contributed by atoms with Gasteiger partial charge in [-0.25, -0.2) is 0 Å². The van der Waals surface area contributed by atoms with E-state index >= 15 is 0 Å². The van der Waals surface area contributed by atoms with E-state index in [-0.39, 0.29) is 15.1 Å². The average molecular weight is 571 g/mol. The summed E-state index contributed by atoms with van der Waals surface area (Å²) in [5.41, 5.74) is 2.21. The number of hydrogen-bond donors (Lipinski definition) is 0. The molecule has 0 spiro atoms. The number of rotatable bonds is 8. The molecule has 0 bridgehead atoms. The van der Waals surface area contributed by atoms with Crippen LogP contribution in [-0.2, 0) is 0 Å². The Balaban J connectivity index is 2.38. The molecule has 0 fully saturated rings. The second-order valence-electron chi connectivity index (χ2n) is 15.2. The van der Waals surface area contributed by atoms with E-state index in [1.54, 1.807) is 0 Å². The largest absolute Gasteiger partial charge is 0.544 e. The van der Waals surface area contributed by atoms with Crippen molar-refractivity contribution in [2.24, 2.45) is 0 Å². The molecule has 0 atom stereocenters. The lowest BCUT2D eigenvalue weighted by molar-refractivity contribution is 0.474. The summed E-state index contributed by atoms with van der Waals surface area (Å²) in [6.07, 6.45) is 4.30. The first-order chi connectivity index (χ1) is 16.9. The second kappa shape index (κ2) is 11.0. The summed E-state index contributed by atoms with van der Waals surface area (Å²) in [6.45, 7) is 34.2. The minimum Gasteiger partial charge on any atom is -0.544 e. The van der Waals surface area contributed by atoms with Gasteiger partial charge in [-0.15, -0.1) is 0 Å². The molecular weight excluding hydrogens is 517 g/mol. The molecule has 2 rings (SSSR count). The van der Waals surface area contributed by atoms with Crippen molar-refractivity contribution in [2.75, 3.05) is 0 Å². The van der Waals surface area contributed by atoms with Gasteiger partial charge in [-0.2, -0.15) is 0 Å². The molecule has 3 nitrogen and oxygen atoms in total. The molecular formula is C32H54O3Si3. The molecule has 0 unspecified atom stereocenters. The predicted molar refractivity (Wildman–Crippen MR) is 175 cm³/mol. The van der Waals surface area contributed by atoms with Crippen LogP contribution in [0.15, 0.2) is 42.5 Å². The molecule has 0 amide bonds. The molecule has 0 aromatic heterocycles. The van der Waals surface area contributed by atoms with Gasteiger partial charge >= 0.3 is 0 Å². The predicted octanol–water partition coefficient (Wildman–Crippen LogP) is 11.0. The molecule has 2 aromatic carbocycles. The fourth-order valence-corrected chi connectivity index (χ4v) is 6.05. The molecule has 0 saturated carbocycles. The fourth-order valence-electron chi connectivity index (χ4n) is 2.99. The molecule has 0 aliphatic rings. The van der Waals surface area contributed by atoms with Crippen molar-refractivity contribution in [3.05, 3.63) is 53.6 Å². The molecule has 0 aliphatic carbocycles. The third-order valence-electron chi connectivity index (χ3n) is 8.79. The van der Waals surface area contributed by atoms with Crippen LogP contribution in [0.3, 0.4) is 0 Å². The molecule has 2 aromatic rings. The maximum Gasteiger partial charge on any atom is 0.250 e. The van der Waals surface area contributed by atoms with Crippen molar-refractivity contribution in [1.29, 1.82) is 0 Å². The van der Waals surface area contributed by atoms with Gasteiger partial charge < -0.3 is 13.3 Å². The minimum atomic E-state index is -1.99. The quantitative estimate of drug-likeness (QED) is 0.233. The van der Waals surface area contributed by atoms with E-state index in [2.05, 4.69) is 156 Å². The smallest absolute Gasteiger partial charge is 0.250 e. The molecule has 0 saturated heterocycles. The summed E-state index contributed by atoms with van der Waals surface area (Å²) >= 11 is 0. The van der Waals surface area contributed by atoms with E-state index in [0.29, 0.717) is 0 Å². The standard InChI is InChI=1S/C32H54O3Si3/c1-30(2,3)36(10,11)33-27-20-18-25(19-21-27)16-17-26-22-28(34-37(12,13)31(4,5)6)24-29(23-26)35-38(14,15)32(7,8)9/h16-24H,1-15H3/b17-16+. The maximum atomic E-state index is 6.72. The van der Waals surface area contributed by atoms with Crippen LogP contribution in [0.4, 0.5) is 0 Å². The highest BCUT2D eigenvalue weighted by molar-refractivity contribution is 6.75. The van der Waals surface area contributed by atoms with Gasteiger partial charge in [-0.3, -0.25) is 0 Å². The monoisotopic (exact) mass is 570 g/mol. The highest BCUT2D eigenvalue weighted by Gasteiger charge is 2.41. The van der Waals surface area contributed by atoms with E-state index in [1.165, 1.54) is 0 Å². The van der Waals surface area contributed by atoms with E-state index in [0.717, 1.165) is 28.4 Å². The van der Waals surface area contributed by atoms with Crippen molar-refractivity contribution in [2.45, 2.75) is 117 Å². The van der Waals surface area contributed by atoms with Crippen molar-refractivity contribution in [1.82, 2.24) is 0 Å². The van der Waals surface area contributed by atoms with Crippen LogP contribution in [0.5, 0.6) is 17.2 Å². The van der Waals surface area contributed by atoms with E-state index < -0.39 is 25.0 Å². The Kier molecular flexibility index (Phi) is 9.40. The molecule has 0 radical (unpaired) electrons. The summed E-state index contributed by atoms with van der Waals surface area (Å²) in [5.74, 6) is 2.74. The van der Waals surface area contributed by atoms with Crippen molar-refractivity contribution in [3.63, 3.8) is 0 Å². The Hall–Kier alpha value is -1.77. The lowest BCUT2D eigenvalue weighted by Gasteiger charge is -2.38. The molecule has 212 valence electrons.